The smallest absolute Gasteiger partial charge is 0.156 e. The first-order valence-electron chi connectivity index (χ1n) is 10.9. The van der Waals surface area contributed by atoms with Gasteiger partial charge in [-0.3, -0.25) is 4.40 Å². The Morgan fingerprint density at radius 3 is 2.86 bits per heavy atom. The zero-order chi connectivity index (χ0) is 24.7. The van der Waals surface area contributed by atoms with Crippen LogP contribution in [-0.4, -0.2) is 21.6 Å². The second-order valence-corrected chi connectivity index (χ2v) is 8.69. The van der Waals surface area contributed by atoms with Gasteiger partial charge in [-0.2, -0.15) is 5.26 Å². The number of aromatic nitrogens is 2. The first kappa shape index (κ1) is 23.1. The van der Waals surface area contributed by atoms with Gasteiger partial charge in [0.15, 0.2) is 5.65 Å². The van der Waals surface area contributed by atoms with Crippen molar-refractivity contribution < 1.29 is 19.0 Å². The molecule has 8 heteroatoms. The number of nitrogens with zero attached hydrogens (tertiary/aromatic N) is 3. The van der Waals surface area contributed by atoms with Gasteiger partial charge < -0.3 is 14.6 Å². The van der Waals surface area contributed by atoms with Crippen LogP contribution in [0.5, 0.6) is 5.75 Å². The highest BCUT2D eigenvalue weighted by Crippen LogP contribution is 2.40. The lowest BCUT2D eigenvalue weighted by Crippen LogP contribution is -2.09. The average Bonchev–Trinajstić information content (AvgIpc) is 3.15. The molecule has 0 saturated heterocycles. The molecule has 0 amide bonds. The molecule has 0 radical (unpaired) electrons. The molecule has 1 atom stereocenters. The third kappa shape index (κ3) is 3.96. The van der Waals surface area contributed by atoms with E-state index in [9.17, 15) is 14.8 Å². The minimum Gasteiger partial charge on any atom is -0.488 e. The van der Waals surface area contributed by atoms with E-state index >= 15 is 0 Å². The van der Waals surface area contributed by atoms with Crippen molar-refractivity contribution >= 4 is 22.8 Å². The van der Waals surface area contributed by atoms with E-state index in [2.05, 4.69) is 11.1 Å². The van der Waals surface area contributed by atoms with Gasteiger partial charge in [0.1, 0.15) is 24.3 Å². The number of aliphatic hydroxyl groups excluding tert-OH is 1. The maximum absolute atomic E-state index is 13.9. The van der Waals surface area contributed by atoms with Crippen molar-refractivity contribution in [2.75, 3.05) is 7.11 Å². The Morgan fingerprint density at radius 2 is 2.09 bits per heavy atom. The molecule has 2 aromatic carbocycles. The Balaban J connectivity index is 1.65. The molecule has 1 aliphatic rings. The number of aliphatic hydroxyl groups is 1. The van der Waals surface area contributed by atoms with Gasteiger partial charge >= 0.3 is 0 Å². The normalized spacial score (nSPS) is 15.0. The SMILES string of the molecule is COCc1nc2c(Cl)cccn2c1C(O)c1ccc2c(c1)COc1cc(F)ccc1/C2=C(\C)C#N. The number of benzene rings is 2. The summed E-state index contributed by atoms with van der Waals surface area (Å²) in [4.78, 5) is 4.57. The molecule has 0 bridgehead atoms. The van der Waals surface area contributed by atoms with Crippen LogP contribution in [0.15, 0.2) is 60.3 Å². The van der Waals surface area contributed by atoms with Gasteiger partial charge in [0.25, 0.3) is 0 Å². The molecular formula is C27H21ClFN3O3. The van der Waals surface area contributed by atoms with Gasteiger partial charge in [0.05, 0.1) is 29.1 Å². The number of pyridine rings is 1. The Labute approximate surface area is 206 Å². The molecule has 0 fully saturated rings. The van der Waals surface area contributed by atoms with Gasteiger partial charge in [0.2, 0.25) is 0 Å². The monoisotopic (exact) mass is 489 g/mol. The Bertz CT molecular complexity index is 1540. The van der Waals surface area contributed by atoms with Crippen molar-refractivity contribution in [2.24, 2.45) is 0 Å². The van der Waals surface area contributed by atoms with Gasteiger partial charge in [0, 0.05) is 36.1 Å². The van der Waals surface area contributed by atoms with Crippen molar-refractivity contribution in [1.82, 2.24) is 9.38 Å². The van der Waals surface area contributed by atoms with E-state index in [1.807, 2.05) is 18.2 Å². The van der Waals surface area contributed by atoms with Crippen molar-refractivity contribution in [3.05, 3.63) is 105 Å². The number of rotatable bonds is 4. The molecule has 2 aromatic heterocycles. The molecule has 1 unspecified atom stereocenters. The summed E-state index contributed by atoms with van der Waals surface area (Å²) in [5.74, 6) is -0.0524. The van der Waals surface area contributed by atoms with E-state index in [1.54, 1.807) is 42.8 Å². The molecule has 0 saturated carbocycles. The van der Waals surface area contributed by atoms with Crippen LogP contribution in [0.3, 0.4) is 0 Å². The minimum atomic E-state index is -1.04. The second-order valence-electron chi connectivity index (χ2n) is 8.29. The number of allylic oxidation sites excluding steroid dienone is 1. The van der Waals surface area contributed by atoms with Gasteiger partial charge in [-0.15, -0.1) is 0 Å². The van der Waals surface area contributed by atoms with E-state index < -0.39 is 11.9 Å². The van der Waals surface area contributed by atoms with E-state index in [0.717, 1.165) is 11.1 Å². The van der Waals surface area contributed by atoms with Crippen LogP contribution in [0.1, 0.15) is 46.7 Å². The van der Waals surface area contributed by atoms with Crippen molar-refractivity contribution in [3.8, 4) is 11.8 Å². The standard InChI is InChI=1S/C27H21ClFN3O3/c1-15(12-30)24-19-7-5-16(10-17(19)13-35-23-11-18(29)6-8-20(23)24)26(33)25-22(14-34-2)31-27-21(28)4-3-9-32(25)27/h3-11,26,33H,13-14H2,1-2H3/b24-15+. The molecule has 0 aliphatic carbocycles. The predicted octanol–water partition coefficient (Wildman–Crippen LogP) is 5.59. The van der Waals surface area contributed by atoms with Crippen LogP contribution in [0.2, 0.25) is 5.02 Å². The second kappa shape index (κ2) is 9.16. The van der Waals surface area contributed by atoms with Crippen LogP contribution in [0.25, 0.3) is 11.2 Å². The fourth-order valence-electron chi connectivity index (χ4n) is 4.52. The topological polar surface area (TPSA) is 79.8 Å². The molecule has 176 valence electrons. The Hall–Kier alpha value is -3.70. The minimum absolute atomic E-state index is 0.151. The largest absolute Gasteiger partial charge is 0.488 e. The highest BCUT2D eigenvalue weighted by molar-refractivity contribution is 6.33. The summed E-state index contributed by atoms with van der Waals surface area (Å²) >= 11 is 6.34. The zero-order valence-corrected chi connectivity index (χ0v) is 19.8. The molecule has 4 aromatic rings. The maximum atomic E-state index is 13.9. The fourth-order valence-corrected chi connectivity index (χ4v) is 4.73. The van der Waals surface area contributed by atoms with Crippen LogP contribution in [0.4, 0.5) is 4.39 Å². The summed E-state index contributed by atoms with van der Waals surface area (Å²) in [5, 5.41) is 21.6. The number of imidazole rings is 1. The molecule has 5 rings (SSSR count). The van der Waals surface area contributed by atoms with Crippen LogP contribution < -0.4 is 4.74 Å². The highest BCUT2D eigenvalue weighted by Gasteiger charge is 2.26. The number of fused-ring (bicyclic) bond motifs is 3. The summed E-state index contributed by atoms with van der Waals surface area (Å²) < 4.78 is 26.9. The molecular weight excluding hydrogens is 469 g/mol. The fraction of sp³-hybridized carbons (Fsp3) is 0.185. The maximum Gasteiger partial charge on any atom is 0.156 e. The van der Waals surface area contributed by atoms with Crippen molar-refractivity contribution in [3.63, 3.8) is 0 Å². The molecule has 1 N–H and O–H groups in total. The number of methoxy groups -OCH3 is 1. The summed E-state index contributed by atoms with van der Waals surface area (Å²) in [5.41, 5.74) is 5.63. The van der Waals surface area contributed by atoms with E-state index in [-0.39, 0.29) is 13.2 Å². The average molecular weight is 490 g/mol. The van der Waals surface area contributed by atoms with Gasteiger partial charge in [-0.05, 0) is 53.9 Å². The zero-order valence-electron chi connectivity index (χ0n) is 19.0. The van der Waals surface area contributed by atoms with Crippen LogP contribution >= 0.6 is 11.6 Å². The number of hydrogen-bond acceptors (Lipinski definition) is 5. The van der Waals surface area contributed by atoms with Gasteiger partial charge in [-0.25, -0.2) is 9.37 Å². The summed E-state index contributed by atoms with van der Waals surface area (Å²) in [6.45, 7) is 2.07. The van der Waals surface area contributed by atoms with Crippen molar-refractivity contribution in [1.29, 1.82) is 5.26 Å². The molecule has 3 heterocycles. The van der Waals surface area contributed by atoms with E-state index in [1.165, 1.54) is 12.1 Å². The number of hydrogen-bond donors (Lipinski definition) is 1. The van der Waals surface area contributed by atoms with Crippen LogP contribution in [0, 0.1) is 17.1 Å². The van der Waals surface area contributed by atoms with E-state index in [4.69, 9.17) is 21.1 Å². The number of nitriles is 1. The Kier molecular flexibility index (Phi) is 6.03. The van der Waals surface area contributed by atoms with Gasteiger partial charge in [-0.1, -0.05) is 23.7 Å². The summed E-state index contributed by atoms with van der Waals surface area (Å²) in [6.07, 6.45) is 0.757. The number of halogens is 2. The molecule has 1 aliphatic heterocycles. The highest BCUT2D eigenvalue weighted by atomic mass is 35.5. The van der Waals surface area contributed by atoms with Crippen LogP contribution in [-0.2, 0) is 18.0 Å². The lowest BCUT2D eigenvalue weighted by atomic mass is 9.89. The first-order chi connectivity index (χ1) is 16.9. The summed E-state index contributed by atoms with van der Waals surface area (Å²) in [7, 11) is 1.56. The molecule has 0 spiro atoms. The lowest BCUT2D eigenvalue weighted by molar-refractivity contribution is 0.172. The Morgan fingerprint density at radius 1 is 1.29 bits per heavy atom. The number of ether oxygens (including phenoxy) is 2. The third-order valence-corrected chi connectivity index (χ3v) is 6.40. The predicted molar refractivity (Wildman–Crippen MR) is 129 cm³/mol. The quantitative estimate of drug-likeness (QED) is 0.378. The molecule has 6 nitrogen and oxygen atoms in total. The molecule has 35 heavy (non-hydrogen) atoms. The van der Waals surface area contributed by atoms with Crippen molar-refractivity contribution in [2.45, 2.75) is 26.2 Å². The first-order valence-corrected chi connectivity index (χ1v) is 11.3. The lowest BCUT2D eigenvalue weighted by Gasteiger charge is -2.17. The third-order valence-electron chi connectivity index (χ3n) is 6.11. The van der Waals surface area contributed by atoms with E-state index in [0.29, 0.717) is 50.1 Å². The summed E-state index contributed by atoms with van der Waals surface area (Å²) in [6, 6.07) is 15.5.